The van der Waals surface area contributed by atoms with Crippen molar-refractivity contribution in [2.45, 2.75) is 21.7 Å². The molecule has 1 aromatic carbocycles. The van der Waals surface area contributed by atoms with Crippen molar-refractivity contribution in [1.29, 1.82) is 0 Å². The Balaban J connectivity index is 1.61. The highest BCUT2D eigenvalue weighted by atomic mass is 35.5. The molecule has 0 bridgehead atoms. The summed E-state index contributed by atoms with van der Waals surface area (Å²) < 4.78 is 18.3. The number of aromatic nitrogens is 3. The number of thiazole rings is 1. The van der Waals surface area contributed by atoms with Crippen molar-refractivity contribution in [2.24, 2.45) is 0 Å². The van der Waals surface area contributed by atoms with Crippen molar-refractivity contribution in [3.8, 4) is 0 Å². The Morgan fingerprint density at radius 1 is 1.30 bits per heavy atom. The van der Waals surface area contributed by atoms with Crippen LogP contribution < -0.4 is 0 Å². The summed E-state index contributed by atoms with van der Waals surface area (Å²) in [7, 11) is 0. The van der Waals surface area contributed by atoms with Crippen molar-refractivity contribution in [1.82, 2.24) is 14.3 Å². The average molecular weight is 404 g/mol. The van der Waals surface area contributed by atoms with Gasteiger partial charge in [-0.25, -0.2) is 14.4 Å². The summed E-state index contributed by atoms with van der Waals surface area (Å²) in [6.07, 6.45) is 2.58. The van der Waals surface area contributed by atoms with Crippen molar-refractivity contribution >= 4 is 58.0 Å². The maximum atomic E-state index is 13.1. The van der Waals surface area contributed by atoms with E-state index in [2.05, 4.69) is 14.3 Å². The summed E-state index contributed by atoms with van der Waals surface area (Å²) in [5.74, 6) is 0.438. The fraction of sp³-hybridized carbons (Fsp3) is 0.214. The summed E-state index contributed by atoms with van der Waals surface area (Å²) >= 11 is 12.2. The topological polar surface area (TPSA) is 38.7 Å². The molecule has 0 unspecified atom stereocenters. The predicted molar refractivity (Wildman–Crippen MR) is 97.6 cm³/mol. The zero-order valence-corrected chi connectivity index (χ0v) is 16.0. The summed E-state index contributed by atoms with van der Waals surface area (Å²) in [5.41, 5.74) is 1.89. The number of nitrogens with zero attached hydrogens (tertiary/aromatic N) is 3. The normalized spacial score (nSPS) is 11.1. The summed E-state index contributed by atoms with van der Waals surface area (Å²) in [6, 6.07) is 4.46. The Kier molecular flexibility index (Phi) is 5.92. The standard InChI is InChI=1S/C14H11ClFN3S4/c1-20-13-18-14(23-19-13)22-7-10-6-21-12(17-10)4-8-2-3-9(16)5-11(8)15/h2-3,5-6H,4,7H2,1H3. The molecule has 0 saturated carbocycles. The number of benzene rings is 1. The van der Waals surface area contributed by atoms with Crippen LogP contribution in [0.2, 0.25) is 5.02 Å². The Labute approximate surface area is 154 Å². The number of hydrogen-bond donors (Lipinski definition) is 0. The van der Waals surface area contributed by atoms with Crippen LogP contribution in [0.25, 0.3) is 0 Å². The largest absolute Gasteiger partial charge is 0.245 e. The van der Waals surface area contributed by atoms with Gasteiger partial charge in [0.15, 0.2) is 4.34 Å². The van der Waals surface area contributed by atoms with Crippen LogP contribution in [0, 0.1) is 5.82 Å². The molecule has 0 aliphatic carbocycles. The van der Waals surface area contributed by atoms with Crippen LogP contribution >= 0.6 is 58.0 Å². The molecule has 120 valence electrons. The van der Waals surface area contributed by atoms with E-state index in [0.717, 1.165) is 31.5 Å². The third kappa shape index (κ3) is 4.67. The van der Waals surface area contributed by atoms with Crippen molar-refractivity contribution in [3.05, 3.63) is 50.7 Å². The first-order chi connectivity index (χ1) is 11.1. The van der Waals surface area contributed by atoms with E-state index in [9.17, 15) is 4.39 Å². The highest BCUT2D eigenvalue weighted by Gasteiger charge is 2.09. The second-order valence-electron chi connectivity index (χ2n) is 4.48. The minimum atomic E-state index is -0.323. The molecule has 0 spiro atoms. The first-order valence-corrected chi connectivity index (χ1v) is 10.8. The van der Waals surface area contributed by atoms with Crippen molar-refractivity contribution in [3.63, 3.8) is 0 Å². The van der Waals surface area contributed by atoms with Gasteiger partial charge in [0, 0.05) is 22.6 Å². The van der Waals surface area contributed by atoms with Crippen LogP contribution in [0.4, 0.5) is 4.39 Å². The lowest BCUT2D eigenvalue weighted by molar-refractivity contribution is 0.627. The molecule has 3 aromatic rings. The van der Waals surface area contributed by atoms with E-state index in [1.54, 1.807) is 40.9 Å². The van der Waals surface area contributed by atoms with Gasteiger partial charge >= 0.3 is 0 Å². The molecule has 0 radical (unpaired) electrons. The molecular weight excluding hydrogens is 393 g/mol. The summed E-state index contributed by atoms with van der Waals surface area (Å²) in [5, 5.41) is 4.25. The van der Waals surface area contributed by atoms with Gasteiger partial charge in [-0.15, -0.1) is 11.3 Å². The highest BCUT2D eigenvalue weighted by Crippen LogP contribution is 2.28. The molecule has 9 heteroatoms. The molecule has 0 aliphatic rings. The number of halogens is 2. The Hall–Kier alpha value is -0.670. The molecule has 2 aromatic heterocycles. The van der Waals surface area contributed by atoms with E-state index in [4.69, 9.17) is 11.6 Å². The third-order valence-corrected chi connectivity index (χ3v) is 6.65. The lowest BCUT2D eigenvalue weighted by Gasteiger charge is -2.01. The van der Waals surface area contributed by atoms with E-state index in [1.807, 2.05) is 11.6 Å². The smallest absolute Gasteiger partial charge is 0.200 e. The van der Waals surface area contributed by atoms with Crippen LogP contribution in [0.3, 0.4) is 0 Å². The predicted octanol–water partition coefficient (Wildman–Crippen LogP) is 5.39. The summed E-state index contributed by atoms with van der Waals surface area (Å²) in [6.45, 7) is 0. The molecule has 3 rings (SSSR count). The molecular formula is C14H11ClFN3S4. The molecule has 0 saturated heterocycles. The van der Waals surface area contributed by atoms with E-state index < -0.39 is 0 Å². The van der Waals surface area contributed by atoms with Gasteiger partial charge in [-0.1, -0.05) is 41.2 Å². The van der Waals surface area contributed by atoms with Crippen LogP contribution in [0.1, 0.15) is 16.3 Å². The van der Waals surface area contributed by atoms with Gasteiger partial charge in [-0.2, -0.15) is 4.37 Å². The lowest BCUT2D eigenvalue weighted by Crippen LogP contribution is -1.90. The molecule has 0 aliphatic heterocycles. The number of rotatable bonds is 6. The SMILES string of the molecule is CSc1nsc(SCc2csc(Cc3ccc(F)cc3Cl)n2)n1. The molecule has 2 heterocycles. The zero-order valence-electron chi connectivity index (χ0n) is 12.0. The van der Waals surface area contributed by atoms with Gasteiger partial charge in [-0.3, -0.25) is 0 Å². The Morgan fingerprint density at radius 2 is 2.17 bits per heavy atom. The second-order valence-corrected chi connectivity index (χ2v) is 8.58. The highest BCUT2D eigenvalue weighted by molar-refractivity contribution is 8.00. The van der Waals surface area contributed by atoms with Crippen molar-refractivity contribution < 1.29 is 4.39 Å². The molecule has 3 nitrogen and oxygen atoms in total. The van der Waals surface area contributed by atoms with Gasteiger partial charge in [0.25, 0.3) is 0 Å². The maximum Gasteiger partial charge on any atom is 0.200 e. The minimum Gasteiger partial charge on any atom is -0.245 e. The fourth-order valence-electron chi connectivity index (χ4n) is 1.80. The lowest BCUT2D eigenvalue weighted by atomic mass is 10.1. The van der Waals surface area contributed by atoms with E-state index in [1.165, 1.54) is 23.7 Å². The Bertz CT molecular complexity index is 805. The quantitative estimate of drug-likeness (QED) is 0.516. The van der Waals surface area contributed by atoms with Crippen LogP contribution in [-0.4, -0.2) is 20.6 Å². The first-order valence-electron chi connectivity index (χ1n) is 6.52. The monoisotopic (exact) mass is 403 g/mol. The Morgan fingerprint density at radius 3 is 2.91 bits per heavy atom. The van der Waals surface area contributed by atoms with Gasteiger partial charge in [0.2, 0.25) is 5.16 Å². The number of thioether (sulfide) groups is 2. The van der Waals surface area contributed by atoms with Gasteiger partial charge in [0.05, 0.1) is 10.7 Å². The molecule has 23 heavy (non-hydrogen) atoms. The zero-order chi connectivity index (χ0) is 16.2. The summed E-state index contributed by atoms with van der Waals surface area (Å²) in [4.78, 5) is 9.00. The van der Waals surface area contributed by atoms with Gasteiger partial charge < -0.3 is 0 Å². The fourth-order valence-corrected chi connectivity index (χ4v) is 5.06. The van der Waals surface area contributed by atoms with Gasteiger partial charge in [0.1, 0.15) is 5.82 Å². The van der Waals surface area contributed by atoms with Crippen LogP contribution in [-0.2, 0) is 12.2 Å². The second kappa shape index (κ2) is 7.94. The van der Waals surface area contributed by atoms with Crippen molar-refractivity contribution in [2.75, 3.05) is 6.26 Å². The van der Waals surface area contributed by atoms with Crippen LogP contribution in [0.15, 0.2) is 33.1 Å². The first kappa shape index (κ1) is 17.2. The van der Waals surface area contributed by atoms with E-state index in [0.29, 0.717) is 11.4 Å². The van der Waals surface area contributed by atoms with E-state index >= 15 is 0 Å². The molecule has 0 amide bonds. The van der Waals surface area contributed by atoms with Crippen LogP contribution in [0.5, 0.6) is 0 Å². The minimum absolute atomic E-state index is 0.323. The maximum absolute atomic E-state index is 13.1. The van der Waals surface area contributed by atoms with Gasteiger partial charge in [-0.05, 0) is 35.5 Å². The molecule has 0 fully saturated rings. The number of hydrogen-bond acceptors (Lipinski definition) is 7. The third-order valence-electron chi connectivity index (χ3n) is 2.87. The molecule has 0 atom stereocenters. The average Bonchev–Trinajstić information content (AvgIpc) is 3.17. The molecule has 0 N–H and O–H groups in total. The van der Waals surface area contributed by atoms with E-state index in [-0.39, 0.29) is 5.82 Å².